The van der Waals surface area contributed by atoms with Crippen LogP contribution < -0.4 is 11.5 Å². The Morgan fingerprint density at radius 3 is 2.11 bits per heavy atom. The number of nitrogens with two attached hydrogens (primary N) is 2. The normalized spacial score (nSPS) is 11.3. The molecule has 0 saturated heterocycles. The van der Waals surface area contributed by atoms with Crippen LogP contribution in [0.15, 0.2) is 66.7 Å². The fraction of sp³-hybridized carbons (Fsp3) is 0. The van der Waals surface area contributed by atoms with Crippen LogP contribution in [0.2, 0.25) is 0 Å². The molecule has 0 atom stereocenters. The van der Waals surface area contributed by atoms with Gasteiger partial charge in [0.15, 0.2) is 0 Å². The monoisotopic (exact) mass is 369 g/mol. The van der Waals surface area contributed by atoms with Gasteiger partial charge in [-0.2, -0.15) is 4.98 Å². The van der Waals surface area contributed by atoms with Crippen molar-refractivity contribution in [3.63, 3.8) is 0 Å². The highest BCUT2D eigenvalue weighted by atomic mass is 32.1. The molecule has 0 aliphatic heterocycles. The van der Waals surface area contributed by atoms with Crippen LogP contribution in [0.3, 0.4) is 0 Å². The number of nitrogens with zero attached hydrogens (tertiary/aromatic N) is 3. The summed E-state index contributed by atoms with van der Waals surface area (Å²) in [6.07, 6.45) is 0. The van der Waals surface area contributed by atoms with Crippen LogP contribution in [0.1, 0.15) is 0 Å². The topological polar surface area (TPSA) is 90.7 Å². The molecule has 0 amide bonds. The van der Waals surface area contributed by atoms with Crippen molar-refractivity contribution in [2.24, 2.45) is 0 Å². The van der Waals surface area contributed by atoms with Crippen molar-refractivity contribution >= 4 is 43.5 Å². The van der Waals surface area contributed by atoms with Gasteiger partial charge in [-0.15, -0.1) is 11.3 Å². The minimum atomic E-state index is 0.172. The molecule has 2 aromatic carbocycles. The Morgan fingerprint density at radius 2 is 1.41 bits per heavy atom. The second-order valence-corrected chi connectivity index (χ2v) is 7.21. The first-order valence-electron chi connectivity index (χ1n) is 8.48. The van der Waals surface area contributed by atoms with E-state index in [4.69, 9.17) is 16.5 Å². The van der Waals surface area contributed by atoms with E-state index >= 15 is 0 Å². The minimum Gasteiger partial charge on any atom is -0.382 e. The summed E-state index contributed by atoms with van der Waals surface area (Å²) in [5.74, 6) is 0.562. The average molecular weight is 369 g/mol. The van der Waals surface area contributed by atoms with Crippen molar-refractivity contribution in [2.45, 2.75) is 0 Å². The number of pyridine rings is 1. The largest absolute Gasteiger partial charge is 0.382 e. The Labute approximate surface area is 159 Å². The Bertz CT molecular complexity index is 1280. The molecule has 0 saturated carbocycles. The van der Waals surface area contributed by atoms with Gasteiger partial charge in [0, 0.05) is 10.9 Å². The quantitative estimate of drug-likeness (QED) is 0.469. The molecule has 0 fully saturated rings. The summed E-state index contributed by atoms with van der Waals surface area (Å²) in [5, 5.41) is 0.960. The van der Waals surface area contributed by atoms with Gasteiger partial charge in [0.1, 0.15) is 10.6 Å². The number of nitrogen functional groups attached to an aromatic ring is 2. The molecular formula is C21H15N5S. The molecule has 0 spiro atoms. The summed E-state index contributed by atoms with van der Waals surface area (Å²) in [5.41, 5.74) is 16.9. The Morgan fingerprint density at radius 1 is 0.741 bits per heavy atom. The van der Waals surface area contributed by atoms with Gasteiger partial charge in [-0.1, -0.05) is 60.7 Å². The summed E-state index contributed by atoms with van der Waals surface area (Å²) >= 11 is 1.50. The maximum atomic E-state index is 6.11. The van der Waals surface area contributed by atoms with Crippen LogP contribution in [0, 0.1) is 0 Å². The van der Waals surface area contributed by atoms with Crippen molar-refractivity contribution in [2.75, 3.05) is 11.5 Å². The van der Waals surface area contributed by atoms with E-state index in [9.17, 15) is 0 Å². The van der Waals surface area contributed by atoms with E-state index in [2.05, 4.69) is 40.3 Å². The highest BCUT2D eigenvalue weighted by Gasteiger charge is 2.18. The van der Waals surface area contributed by atoms with E-state index < -0.39 is 0 Å². The fourth-order valence-electron chi connectivity index (χ4n) is 3.28. The molecule has 3 heterocycles. The zero-order chi connectivity index (χ0) is 18.4. The number of benzene rings is 2. The van der Waals surface area contributed by atoms with Crippen molar-refractivity contribution in [1.29, 1.82) is 0 Å². The lowest BCUT2D eigenvalue weighted by atomic mass is 10.00. The van der Waals surface area contributed by atoms with Gasteiger partial charge in [0.05, 0.1) is 15.9 Å². The average Bonchev–Trinajstić information content (AvgIpc) is 3.07. The number of hydrogen-bond donors (Lipinski definition) is 2. The molecule has 6 heteroatoms. The first kappa shape index (κ1) is 15.7. The molecule has 5 aromatic rings. The number of aromatic nitrogens is 3. The van der Waals surface area contributed by atoms with Crippen LogP contribution in [0.5, 0.6) is 0 Å². The predicted molar refractivity (Wildman–Crippen MR) is 112 cm³/mol. The van der Waals surface area contributed by atoms with Crippen molar-refractivity contribution < 1.29 is 0 Å². The Kier molecular flexibility index (Phi) is 3.51. The zero-order valence-electron chi connectivity index (χ0n) is 14.3. The number of anilines is 2. The highest BCUT2D eigenvalue weighted by molar-refractivity contribution is 7.26. The zero-order valence-corrected chi connectivity index (χ0v) is 15.1. The Balaban J connectivity index is 1.93. The standard InChI is InChI=1S/C21H15N5S/c22-19-18-17(25-21(23)26-19)16-14(12-7-3-1-4-8-12)11-15(24-20(16)27-18)13-9-5-2-6-10-13/h1-11H,(H4,22,23,25,26). The lowest BCUT2D eigenvalue weighted by Crippen LogP contribution is -1.99. The fourth-order valence-corrected chi connectivity index (χ4v) is 4.32. The number of hydrogen-bond acceptors (Lipinski definition) is 6. The van der Waals surface area contributed by atoms with Gasteiger partial charge in [0.25, 0.3) is 0 Å². The summed E-state index contributed by atoms with van der Waals surface area (Å²) in [7, 11) is 0. The molecule has 3 aromatic heterocycles. The van der Waals surface area contributed by atoms with E-state index in [0.717, 1.165) is 42.8 Å². The van der Waals surface area contributed by atoms with Crippen LogP contribution in [0.4, 0.5) is 11.8 Å². The third-order valence-electron chi connectivity index (χ3n) is 4.49. The second kappa shape index (κ2) is 6.03. The maximum absolute atomic E-state index is 6.11. The van der Waals surface area contributed by atoms with Gasteiger partial charge in [-0.05, 0) is 17.2 Å². The van der Waals surface area contributed by atoms with Crippen molar-refractivity contribution in [3.8, 4) is 22.4 Å². The third-order valence-corrected chi connectivity index (χ3v) is 5.58. The molecule has 0 radical (unpaired) electrons. The molecule has 0 bridgehead atoms. The number of rotatable bonds is 2. The smallest absolute Gasteiger partial charge is 0.222 e. The lowest BCUT2D eigenvalue weighted by Gasteiger charge is -2.08. The number of fused-ring (bicyclic) bond motifs is 3. The summed E-state index contributed by atoms with van der Waals surface area (Å²) in [6.45, 7) is 0. The van der Waals surface area contributed by atoms with Crippen LogP contribution in [-0.4, -0.2) is 15.0 Å². The lowest BCUT2D eigenvalue weighted by molar-refractivity contribution is 1.26. The van der Waals surface area contributed by atoms with E-state index in [1.807, 2.05) is 36.4 Å². The van der Waals surface area contributed by atoms with E-state index in [1.165, 1.54) is 11.3 Å². The molecular weight excluding hydrogens is 354 g/mol. The van der Waals surface area contributed by atoms with E-state index in [0.29, 0.717) is 5.82 Å². The molecule has 27 heavy (non-hydrogen) atoms. The number of thiophene rings is 1. The Hall–Kier alpha value is -3.51. The molecule has 0 aliphatic carbocycles. The SMILES string of the molecule is Nc1nc(N)c2sc3nc(-c4ccccc4)cc(-c4ccccc4)c3c2n1. The third kappa shape index (κ3) is 2.58. The highest BCUT2D eigenvalue weighted by Crippen LogP contribution is 2.41. The van der Waals surface area contributed by atoms with Crippen LogP contribution >= 0.6 is 11.3 Å². The maximum Gasteiger partial charge on any atom is 0.222 e. The molecule has 130 valence electrons. The van der Waals surface area contributed by atoms with Crippen LogP contribution in [-0.2, 0) is 0 Å². The minimum absolute atomic E-state index is 0.172. The van der Waals surface area contributed by atoms with Gasteiger partial charge in [-0.3, -0.25) is 0 Å². The predicted octanol–water partition coefficient (Wildman–Crippen LogP) is 4.74. The van der Waals surface area contributed by atoms with Crippen molar-refractivity contribution in [1.82, 2.24) is 15.0 Å². The second-order valence-electron chi connectivity index (χ2n) is 6.21. The molecule has 5 rings (SSSR count). The summed E-state index contributed by atoms with van der Waals surface area (Å²) in [4.78, 5) is 14.3. The van der Waals surface area contributed by atoms with Gasteiger partial charge in [0.2, 0.25) is 5.95 Å². The van der Waals surface area contributed by atoms with Crippen molar-refractivity contribution in [3.05, 3.63) is 66.7 Å². The first-order valence-corrected chi connectivity index (χ1v) is 9.29. The first-order chi connectivity index (χ1) is 13.2. The van der Waals surface area contributed by atoms with Gasteiger partial charge >= 0.3 is 0 Å². The molecule has 4 N–H and O–H groups in total. The summed E-state index contributed by atoms with van der Waals surface area (Å²) < 4.78 is 0.814. The van der Waals surface area contributed by atoms with E-state index in [-0.39, 0.29) is 5.95 Å². The van der Waals surface area contributed by atoms with Gasteiger partial charge < -0.3 is 11.5 Å². The molecule has 0 aliphatic rings. The van der Waals surface area contributed by atoms with Gasteiger partial charge in [-0.25, -0.2) is 9.97 Å². The summed E-state index contributed by atoms with van der Waals surface area (Å²) in [6, 6.07) is 22.5. The molecule has 0 unspecified atom stereocenters. The van der Waals surface area contributed by atoms with E-state index in [1.54, 1.807) is 0 Å². The molecule has 5 nitrogen and oxygen atoms in total. The van der Waals surface area contributed by atoms with Crippen LogP contribution in [0.25, 0.3) is 42.8 Å².